The fourth-order valence-electron chi connectivity index (χ4n) is 1.50. The molecule has 0 saturated carbocycles. The highest BCUT2D eigenvalue weighted by molar-refractivity contribution is 8.00. The van der Waals surface area contributed by atoms with Crippen molar-refractivity contribution in [3.05, 3.63) is 11.8 Å². The maximum atomic E-state index is 11.6. The van der Waals surface area contributed by atoms with Crippen LogP contribution in [0.4, 0.5) is 0 Å². The van der Waals surface area contributed by atoms with Crippen molar-refractivity contribution in [1.29, 1.82) is 0 Å². The van der Waals surface area contributed by atoms with Crippen LogP contribution in [0.2, 0.25) is 18.1 Å². The summed E-state index contributed by atoms with van der Waals surface area (Å²) in [4.78, 5) is 11.6. The van der Waals surface area contributed by atoms with Gasteiger partial charge in [0.1, 0.15) is 5.25 Å². The molecule has 0 fully saturated rings. The summed E-state index contributed by atoms with van der Waals surface area (Å²) >= 11 is 1.63. The zero-order valence-electron chi connectivity index (χ0n) is 12.9. The number of carbonyl (C=O) groups excluding carboxylic acids is 1. The van der Waals surface area contributed by atoms with Gasteiger partial charge in [-0.25, -0.2) is 0 Å². The van der Waals surface area contributed by atoms with Gasteiger partial charge in [-0.2, -0.15) is 0 Å². The van der Waals surface area contributed by atoms with E-state index >= 15 is 0 Å². The van der Waals surface area contributed by atoms with Gasteiger partial charge in [0.25, 0.3) is 0 Å². The van der Waals surface area contributed by atoms with Gasteiger partial charge >= 0.3 is 5.97 Å². The van der Waals surface area contributed by atoms with Crippen LogP contribution < -0.4 is 0 Å². The summed E-state index contributed by atoms with van der Waals surface area (Å²) in [7, 11) is -1.75. The normalized spacial score (nSPS) is 20.7. The molecule has 1 rings (SSSR count). The molecule has 1 aliphatic heterocycles. The Morgan fingerprint density at radius 3 is 2.53 bits per heavy atom. The Kier molecular flexibility index (Phi) is 5.56. The molecule has 1 unspecified atom stereocenters. The maximum Gasteiger partial charge on any atom is 0.319 e. The summed E-state index contributed by atoms with van der Waals surface area (Å²) in [5.41, 5.74) is 0. The van der Waals surface area contributed by atoms with Gasteiger partial charge in [-0.05, 0) is 37.6 Å². The van der Waals surface area contributed by atoms with Crippen molar-refractivity contribution in [1.82, 2.24) is 0 Å². The summed E-state index contributed by atoms with van der Waals surface area (Å²) in [6.07, 6.45) is 2.78. The molecular weight excluding hydrogens is 276 g/mol. The standard InChI is InChI=1S/C14H26O3SSi/c1-7-16-13(15)12-9-8-11(10-18-12)17-19(5,6)14(2,3)4/h8,12H,7,9-10H2,1-6H3. The molecule has 0 amide bonds. The number of carbonyl (C=O) groups is 1. The van der Waals surface area contributed by atoms with E-state index < -0.39 is 8.32 Å². The van der Waals surface area contributed by atoms with E-state index in [0.29, 0.717) is 13.0 Å². The Morgan fingerprint density at radius 2 is 2.11 bits per heavy atom. The molecule has 1 heterocycles. The van der Waals surface area contributed by atoms with Crippen molar-refractivity contribution in [3.8, 4) is 0 Å². The largest absolute Gasteiger partial charge is 0.546 e. The molecular formula is C14H26O3SSi. The van der Waals surface area contributed by atoms with E-state index in [9.17, 15) is 4.79 Å². The maximum absolute atomic E-state index is 11.6. The Balaban J connectivity index is 2.59. The molecule has 0 aromatic heterocycles. The van der Waals surface area contributed by atoms with E-state index in [0.717, 1.165) is 11.5 Å². The zero-order chi connectivity index (χ0) is 14.7. The number of hydrogen-bond donors (Lipinski definition) is 0. The molecule has 1 atom stereocenters. The highest BCUT2D eigenvalue weighted by atomic mass is 32.2. The average Bonchev–Trinajstić information content (AvgIpc) is 2.28. The summed E-state index contributed by atoms with van der Waals surface area (Å²) in [5, 5.41) is 0.142. The third-order valence-electron chi connectivity index (χ3n) is 3.73. The van der Waals surface area contributed by atoms with Crippen LogP contribution in [-0.2, 0) is 14.0 Å². The smallest absolute Gasteiger partial charge is 0.319 e. The number of thioether (sulfide) groups is 1. The number of esters is 1. The first-order valence-corrected chi connectivity index (χ1v) is 10.8. The Hall–Kier alpha value is -0.423. The molecule has 0 spiro atoms. The zero-order valence-corrected chi connectivity index (χ0v) is 14.7. The molecule has 0 aliphatic carbocycles. The fraction of sp³-hybridized carbons (Fsp3) is 0.786. The number of ether oxygens (including phenoxy) is 1. The van der Waals surface area contributed by atoms with Gasteiger partial charge in [-0.15, -0.1) is 11.8 Å². The quantitative estimate of drug-likeness (QED) is 0.581. The van der Waals surface area contributed by atoms with E-state index in [4.69, 9.17) is 9.16 Å². The predicted octanol–water partition coefficient (Wildman–Crippen LogP) is 3.96. The SMILES string of the molecule is CCOC(=O)C1CC=C(O[Si](C)(C)C(C)(C)C)CS1. The fourth-order valence-corrected chi connectivity index (χ4v) is 3.70. The summed E-state index contributed by atoms with van der Waals surface area (Å²) in [5.74, 6) is 1.71. The molecule has 0 aromatic rings. The first kappa shape index (κ1) is 16.6. The van der Waals surface area contributed by atoms with Crippen LogP contribution in [0.25, 0.3) is 0 Å². The van der Waals surface area contributed by atoms with Gasteiger partial charge in [0, 0.05) is 0 Å². The summed E-state index contributed by atoms with van der Waals surface area (Å²) < 4.78 is 11.3. The molecule has 3 nitrogen and oxygen atoms in total. The van der Waals surface area contributed by atoms with Crippen molar-refractivity contribution in [2.45, 2.75) is 57.5 Å². The van der Waals surface area contributed by atoms with Gasteiger partial charge in [0.15, 0.2) is 0 Å². The number of hydrogen-bond acceptors (Lipinski definition) is 4. The van der Waals surface area contributed by atoms with Crippen LogP contribution in [0.5, 0.6) is 0 Å². The molecule has 0 saturated heterocycles. The van der Waals surface area contributed by atoms with Crippen molar-refractivity contribution in [2.75, 3.05) is 12.4 Å². The van der Waals surface area contributed by atoms with Gasteiger partial charge in [-0.1, -0.05) is 20.8 Å². The van der Waals surface area contributed by atoms with Crippen molar-refractivity contribution in [2.24, 2.45) is 0 Å². The van der Waals surface area contributed by atoms with E-state index in [-0.39, 0.29) is 16.3 Å². The lowest BCUT2D eigenvalue weighted by Gasteiger charge is -2.38. The van der Waals surface area contributed by atoms with Crippen LogP contribution in [-0.4, -0.2) is 31.9 Å². The van der Waals surface area contributed by atoms with Crippen LogP contribution in [0.15, 0.2) is 11.8 Å². The molecule has 5 heteroatoms. The van der Waals surface area contributed by atoms with Crippen molar-refractivity contribution in [3.63, 3.8) is 0 Å². The van der Waals surface area contributed by atoms with Gasteiger partial charge in [-0.3, -0.25) is 4.79 Å². The van der Waals surface area contributed by atoms with Crippen molar-refractivity contribution < 1.29 is 14.0 Å². The molecule has 0 bridgehead atoms. The van der Waals surface area contributed by atoms with Crippen LogP contribution in [0.1, 0.15) is 34.1 Å². The van der Waals surface area contributed by atoms with Gasteiger partial charge in [0.2, 0.25) is 8.32 Å². The molecule has 0 aromatic carbocycles. The minimum Gasteiger partial charge on any atom is -0.546 e. The van der Waals surface area contributed by atoms with E-state index in [2.05, 4.69) is 39.9 Å². The second-order valence-corrected chi connectivity index (χ2v) is 12.2. The second-order valence-electron chi connectivity index (χ2n) is 6.32. The monoisotopic (exact) mass is 302 g/mol. The van der Waals surface area contributed by atoms with Crippen LogP contribution in [0, 0.1) is 0 Å². The van der Waals surface area contributed by atoms with Crippen molar-refractivity contribution >= 4 is 26.0 Å². The molecule has 1 aliphatic rings. The molecule has 0 N–H and O–H groups in total. The lowest BCUT2D eigenvalue weighted by molar-refractivity contribution is -0.142. The average molecular weight is 303 g/mol. The van der Waals surface area contributed by atoms with Crippen LogP contribution in [0.3, 0.4) is 0 Å². The lowest BCUT2D eigenvalue weighted by Crippen LogP contribution is -2.41. The number of rotatable bonds is 4. The molecule has 110 valence electrons. The molecule has 0 radical (unpaired) electrons. The highest BCUT2D eigenvalue weighted by Gasteiger charge is 2.40. The molecule has 19 heavy (non-hydrogen) atoms. The predicted molar refractivity (Wildman–Crippen MR) is 83.9 cm³/mol. The first-order chi connectivity index (χ1) is 8.67. The minimum absolute atomic E-state index is 0.0632. The highest BCUT2D eigenvalue weighted by Crippen LogP contribution is 2.39. The summed E-state index contributed by atoms with van der Waals surface area (Å²) in [6, 6.07) is 0. The van der Waals surface area contributed by atoms with E-state index in [1.165, 1.54) is 0 Å². The van der Waals surface area contributed by atoms with E-state index in [1.807, 2.05) is 6.92 Å². The van der Waals surface area contributed by atoms with Gasteiger partial charge < -0.3 is 9.16 Å². The summed E-state index contributed by atoms with van der Waals surface area (Å²) in [6.45, 7) is 13.5. The Bertz CT molecular complexity index is 358. The number of allylic oxidation sites excluding steroid dienone is 1. The second kappa shape index (κ2) is 6.35. The topological polar surface area (TPSA) is 35.5 Å². The third-order valence-corrected chi connectivity index (χ3v) is 9.35. The van der Waals surface area contributed by atoms with Crippen LogP contribution >= 0.6 is 11.8 Å². The lowest BCUT2D eigenvalue weighted by atomic mass is 10.2. The Labute approximate surface area is 122 Å². The minimum atomic E-state index is -1.75. The van der Waals surface area contributed by atoms with Gasteiger partial charge in [0.05, 0.1) is 18.1 Å². The third kappa shape index (κ3) is 4.56. The first-order valence-electron chi connectivity index (χ1n) is 6.83. The Morgan fingerprint density at radius 1 is 1.47 bits per heavy atom. The van der Waals surface area contributed by atoms with E-state index in [1.54, 1.807) is 11.8 Å².